The summed E-state index contributed by atoms with van der Waals surface area (Å²) >= 11 is 1.58. The molecule has 7 heteroatoms. The predicted octanol–water partition coefficient (Wildman–Crippen LogP) is 1.21. The fourth-order valence-corrected chi connectivity index (χ4v) is 5.59. The highest BCUT2D eigenvalue weighted by atomic mass is 32.2. The zero-order valence-electron chi connectivity index (χ0n) is 11.8. The molecule has 1 saturated heterocycles. The summed E-state index contributed by atoms with van der Waals surface area (Å²) < 4.78 is 23.8. The molecule has 2 aliphatic heterocycles. The fourth-order valence-electron chi connectivity index (χ4n) is 2.77. The van der Waals surface area contributed by atoms with Crippen LogP contribution in [0.4, 0.5) is 5.69 Å². The van der Waals surface area contributed by atoms with Gasteiger partial charge in [0.15, 0.2) is 9.84 Å². The van der Waals surface area contributed by atoms with Crippen LogP contribution < -0.4 is 5.32 Å². The van der Waals surface area contributed by atoms with E-state index in [1.165, 1.54) is 11.2 Å². The molecule has 0 spiro atoms. The van der Waals surface area contributed by atoms with E-state index in [-0.39, 0.29) is 5.91 Å². The number of hydrogen-bond donors (Lipinski definition) is 1. The highest BCUT2D eigenvalue weighted by Crippen LogP contribution is 2.26. The Balaban J connectivity index is 1.89. The van der Waals surface area contributed by atoms with E-state index in [9.17, 15) is 13.2 Å². The van der Waals surface area contributed by atoms with Crippen molar-refractivity contribution in [1.29, 1.82) is 0 Å². The molecule has 1 fully saturated rings. The van der Waals surface area contributed by atoms with Gasteiger partial charge in [-0.05, 0) is 30.2 Å². The van der Waals surface area contributed by atoms with Gasteiger partial charge in [-0.3, -0.25) is 4.79 Å². The number of thioether (sulfide) groups is 1. The second-order valence-corrected chi connectivity index (χ2v) is 8.76. The Hall–Kier alpha value is -1.21. The Morgan fingerprint density at radius 2 is 2.24 bits per heavy atom. The Kier molecular flexibility index (Phi) is 3.88. The number of rotatable bonds is 2. The second kappa shape index (κ2) is 5.53. The minimum atomic E-state index is -3.27. The number of fused-ring (bicyclic) bond motifs is 1. The van der Waals surface area contributed by atoms with Crippen molar-refractivity contribution in [2.24, 2.45) is 0 Å². The number of carbonyl (C=O) groups is 1. The lowest BCUT2D eigenvalue weighted by atomic mass is 10.1. The lowest BCUT2D eigenvalue weighted by Gasteiger charge is -2.34. The number of sulfone groups is 1. The van der Waals surface area contributed by atoms with Crippen LogP contribution >= 0.6 is 11.8 Å². The first-order chi connectivity index (χ1) is 9.97. The summed E-state index contributed by atoms with van der Waals surface area (Å²) in [5.41, 5.74) is 2.78. The maximum Gasteiger partial charge on any atom is 0.254 e. The highest BCUT2D eigenvalue weighted by molar-refractivity contribution is 8.00. The molecule has 2 heterocycles. The summed E-state index contributed by atoms with van der Waals surface area (Å²) in [6.07, 6.45) is 2.11. The largest absolute Gasteiger partial charge is 0.384 e. The first-order valence-electron chi connectivity index (χ1n) is 6.91. The molecule has 5 nitrogen and oxygen atoms in total. The van der Waals surface area contributed by atoms with Crippen LogP contribution in [0.2, 0.25) is 0 Å². The van der Waals surface area contributed by atoms with E-state index in [1.54, 1.807) is 17.8 Å². The number of amides is 1. The van der Waals surface area contributed by atoms with Crippen molar-refractivity contribution in [3.05, 3.63) is 29.3 Å². The van der Waals surface area contributed by atoms with Crippen LogP contribution in [-0.4, -0.2) is 55.4 Å². The van der Waals surface area contributed by atoms with E-state index in [1.807, 2.05) is 12.1 Å². The topological polar surface area (TPSA) is 66.5 Å². The van der Waals surface area contributed by atoms with Gasteiger partial charge in [0.1, 0.15) is 5.37 Å². The first-order valence-corrected chi connectivity index (χ1v) is 10.0. The molecule has 21 heavy (non-hydrogen) atoms. The van der Waals surface area contributed by atoms with E-state index < -0.39 is 15.2 Å². The molecule has 0 saturated carbocycles. The molecule has 0 aliphatic carbocycles. The maximum absolute atomic E-state index is 12.7. The number of nitrogens with zero attached hydrogens (tertiary/aromatic N) is 1. The van der Waals surface area contributed by atoms with Gasteiger partial charge in [-0.25, -0.2) is 8.42 Å². The zero-order valence-corrected chi connectivity index (χ0v) is 13.5. The van der Waals surface area contributed by atoms with Crippen LogP contribution in [0.15, 0.2) is 18.2 Å². The van der Waals surface area contributed by atoms with Crippen LogP contribution in [0.3, 0.4) is 0 Å². The van der Waals surface area contributed by atoms with Gasteiger partial charge < -0.3 is 10.2 Å². The van der Waals surface area contributed by atoms with E-state index >= 15 is 0 Å². The van der Waals surface area contributed by atoms with Gasteiger partial charge in [0.05, 0.1) is 0 Å². The Morgan fingerprint density at radius 1 is 1.43 bits per heavy atom. The number of anilines is 1. The van der Waals surface area contributed by atoms with Crippen molar-refractivity contribution < 1.29 is 13.2 Å². The van der Waals surface area contributed by atoms with Crippen LogP contribution in [-0.2, 0) is 16.3 Å². The lowest BCUT2D eigenvalue weighted by Crippen LogP contribution is -2.49. The van der Waals surface area contributed by atoms with Crippen LogP contribution in [0.1, 0.15) is 15.9 Å². The Bertz CT molecular complexity index is 673. The third-order valence-corrected chi connectivity index (χ3v) is 6.54. The van der Waals surface area contributed by atoms with Crippen molar-refractivity contribution in [3.8, 4) is 0 Å². The zero-order chi connectivity index (χ0) is 15.0. The van der Waals surface area contributed by atoms with Crippen LogP contribution in [0, 0.1) is 0 Å². The molecule has 1 aromatic rings. The van der Waals surface area contributed by atoms with Crippen molar-refractivity contribution in [2.45, 2.75) is 11.8 Å². The predicted molar refractivity (Wildman–Crippen MR) is 85.6 cm³/mol. The molecule has 3 rings (SSSR count). The van der Waals surface area contributed by atoms with Gasteiger partial charge in [0, 0.05) is 42.1 Å². The number of carbonyl (C=O) groups excluding carboxylic acids is 1. The van der Waals surface area contributed by atoms with Crippen LogP contribution in [0.5, 0.6) is 0 Å². The van der Waals surface area contributed by atoms with Crippen molar-refractivity contribution in [1.82, 2.24) is 4.90 Å². The van der Waals surface area contributed by atoms with Gasteiger partial charge in [-0.2, -0.15) is 11.8 Å². The second-order valence-electron chi connectivity index (χ2n) is 5.41. The SMILES string of the molecule is CS(=O)(=O)C1CSCCN1C(=O)c1ccc2c(c1)CCN2. The van der Waals surface area contributed by atoms with Gasteiger partial charge in [0.2, 0.25) is 0 Å². The Labute approximate surface area is 129 Å². The van der Waals surface area contributed by atoms with E-state index in [2.05, 4.69) is 5.32 Å². The van der Waals surface area contributed by atoms with Gasteiger partial charge in [-0.15, -0.1) is 0 Å². The molecule has 1 amide bonds. The van der Waals surface area contributed by atoms with E-state index in [0.29, 0.717) is 17.9 Å². The average molecular weight is 326 g/mol. The number of nitrogens with one attached hydrogen (secondary N) is 1. The third-order valence-electron chi connectivity index (χ3n) is 3.90. The number of hydrogen-bond acceptors (Lipinski definition) is 5. The van der Waals surface area contributed by atoms with E-state index in [0.717, 1.165) is 30.0 Å². The molecule has 1 N–H and O–H groups in total. The van der Waals surface area contributed by atoms with Gasteiger partial charge >= 0.3 is 0 Å². The lowest BCUT2D eigenvalue weighted by molar-refractivity contribution is 0.0749. The molecule has 1 aromatic carbocycles. The van der Waals surface area contributed by atoms with E-state index in [4.69, 9.17) is 0 Å². The third kappa shape index (κ3) is 2.89. The summed E-state index contributed by atoms with van der Waals surface area (Å²) in [6, 6.07) is 5.57. The first kappa shape index (κ1) is 14.7. The standard InChI is InChI=1S/C14H18N2O3S2/c1-21(18,19)13-9-20-7-6-16(13)14(17)11-2-3-12-10(8-11)4-5-15-12/h2-3,8,13,15H,4-7,9H2,1H3. The minimum Gasteiger partial charge on any atom is -0.384 e. The summed E-state index contributed by atoms with van der Waals surface area (Å²) in [7, 11) is -3.27. The number of benzene rings is 1. The molecule has 1 atom stereocenters. The summed E-state index contributed by atoms with van der Waals surface area (Å²) in [6.45, 7) is 1.37. The summed E-state index contributed by atoms with van der Waals surface area (Å²) in [4.78, 5) is 14.2. The fraction of sp³-hybridized carbons (Fsp3) is 0.500. The van der Waals surface area contributed by atoms with Crippen molar-refractivity contribution >= 4 is 33.2 Å². The van der Waals surface area contributed by atoms with Gasteiger partial charge in [-0.1, -0.05) is 0 Å². The monoisotopic (exact) mass is 326 g/mol. The molecule has 0 bridgehead atoms. The quantitative estimate of drug-likeness (QED) is 0.885. The average Bonchev–Trinajstić information content (AvgIpc) is 2.93. The molecular weight excluding hydrogens is 308 g/mol. The van der Waals surface area contributed by atoms with Crippen LogP contribution in [0.25, 0.3) is 0 Å². The summed E-state index contributed by atoms with van der Waals surface area (Å²) in [5.74, 6) is 1.06. The maximum atomic E-state index is 12.7. The molecule has 114 valence electrons. The highest BCUT2D eigenvalue weighted by Gasteiger charge is 2.34. The molecule has 2 aliphatic rings. The minimum absolute atomic E-state index is 0.180. The van der Waals surface area contributed by atoms with Crippen molar-refractivity contribution in [3.63, 3.8) is 0 Å². The van der Waals surface area contributed by atoms with Crippen molar-refractivity contribution in [2.75, 3.05) is 36.2 Å². The Morgan fingerprint density at radius 3 is 3.00 bits per heavy atom. The molecule has 0 aromatic heterocycles. The normalized spacial score (nSPS) is 21.8. The molecule has 0 radical (unpaired) electrons. The summed E-state index contributed by atoms with van der Waals surface area (Å²) in [5, 5.41) is 2.54. The molecular formula is C14H18N2O3S2. The molecule has 1 unspecified atom stereocenters. The smallest absolute Gasteiger partial charge is 0.254 e. The van der Waals surface area contributed by atoms with Gasteiger partial charge in [0.25, 0.3) is 5.91 Å².